The molecule has 1 fully saturated rings. The minimum absolute atomic E-state index is 0.0536. The Morgan fingerprint density at radius 2 is 1.92 bits per heavy atom. The standard InChI is InChI=1S/C19H18FN3O2/c20-17-9-5-4-8-15(17)11-21-22-18(24)13-23-12-16(10-19(23)25)14-6-2-1-3-7-14/h1-9,11,16H,10,12-13H2,(H,22,24)/b21-11-/t16-/m1/s1. The van der Waals surface area contributed by atoms with Gasteiger partial charge in [0.25, 0.3) is 5.91 Å². The maximum Gasteiger partial charge on any atom is 0.259 e. The number of carbonyl (C=O) groups excluding carboxylic acids is 2. The molecule has 1 N–H and O–H groups in total. The van der Waals surface area contributed by atoms with E-state index in [1.54, 1.807) is 18.2 Å². The summed E-state index contributed by atoms with van der Waals surface area (Å²) in [5.74, 6) is -0.777. The number of rotatable bonds is 5. The van der Waals surface area contributed by atoms with Crippen molar-refractivity contribution in [2.24, 2.45) is 5.10 Å². The van der Waals surface area contributed by atoms with E-state index in [9.17, 15) is 14.0 Å². The number of carbonyl (C=O) groups is 2. The molecule has 0 unspecified atom stereocenters. The minimum Gasteiger partial charge on any atom is -0.333 e. The van der Waals surface area contributed by atoms with Crippen LogP contribution in [0.2, 0.25) is 0 Å². The molecule has 0 saturated carbocycles. The average molecular weight is 339 g/mol. The summed E-state index contributed by atoms with van der Waals surface area (Å²) in [6.07, 6.45) is 1.64. The minimum atomic E-state index is -0.416. The number of hydrogen-bond acceptors (Lipinski definition) is 3. The lowest BCUT2D eigenvalue weighted by molar-refractivity contribution is -0.133. The summed E-state index contributed by atoms with van der Waals surface area (Å²) in [6.45, 7) is 0.448. The van der Waals surface area contributed by atoms with Crippen LogP contribution in [0.5, 0.6) is 0 Å². The smallest absolute Gasteiger partial charge is 0.259 e. The second kappa shape index (κ2) is 7.70. The number of nitrogens with zero attached hydrogens (tertiary/aromatic N) is 2. The molecule has 1 aliphatic heterocycles. The van der Waals surface area contributed by atoms with E-state index in [-0.39, 0.29) is 23.9 Å². The lowest BCUT2D eigenvalue weighted by atomic mass is 9.99. The second-order valence-electron chi connectivity index (χ2n) is 5.90. The largest absolute Gasteiger partial charge is 0.333 e. The summed E-state index contributed by atoms with van der Waals surface area (Å²) in [4.78, 5) is 25.6. The molecule has 128 valence electrons. The van der Waals surface area contributed by atoms with Crippen LogP contribution in [0.1, 0.15) is 23.5 Å². The van der Waals surface area contributed by atoms with Gasteiger partial charge in [0.1, 0.15) is 12.4 Å². The maximum atomic E-state index is 13.4. The lowest BCUT2D eigenvalue weighted by Gasteiger charge is -2.15. The molecular weight excluding hydrogens is 321 g/mol. The van der Waals surface area contributed by atoms with Gasteiger partial charge >= 0.3 is 0 Å². The third-order valence-corrected chi connectivity index (χ3v) is 4.12. The van der Waals surface area contributed by atoms with E-state index < -0.39 is 11.7 Å². The molecule has 0 spiro atoms. The number of hydrogen-bond donors (Lipinski definition) is 1. The first-order valence-corrected chi connectivity index (χ1v) is 8.02. The molecule has 2 aromatic carbocycles. The van der Waals surface area contributed by atoms with E-state index in [0.717, 1.165) is 5.56 Å². The quantitative estimate of drug-likeness (QED) is 0.671. The fraction of sp³-hybridized carbons (Fsp3) is 0.211. The van der Waals surface area contributed by atoms with Crippen LogP contribution in [-0.4, -0.2) is 36.0 Å². The Balaban J connectivity index is 1.53. The molecule has 1 aliphatic rings. The van der Waals surface area contributed by atoms with Crippen molar-refractivity contribution in [3.63, 3.8) is 0 Å². The van der Waals surface area contributed by atoms with Crippen molar-refractivity contribution < 1.29 is 14.0 Å². The number of amides is 2. The highest BCUT2D eigenvalue weighted by molar-refractivity contribution is 5.87. The number of halogens is 1. The van der Waals surface area contributed by atoms with Crippen LogP contribution in [0.25, 0.3) is 0 Å². The van der Waals surface area contributed by atoms with Gasteiger partial charge in [0.15, 0.2) is 0 Å². The Bertz CT molecular complexity index is 792. The predicted molar refractivity (Wildman–Crippen MR) is 92.5 cm³/mol. The Morgan fingerprint density at radius 3 is 2.68 bits per heavy atom. The molecule has 6 heteroatoms. The zero-order valence-electron chi connectivity index (χ0n) is 13.6. The van der Waals surface area contributed by atoms with E-state index in [1.807, 2.05) is 30.3 Å². The van der Waals surface area contributed by atoms with Gasteiger partial charge in [-0.2, -0.15) is 5.10 Å². The SMILES string of the molecule is O=C(CN1C[C@H](c2ccccc2)CC1=O)N/N=C\c1ccccc1F. The zero-order valence-corrected chi connectivity index (χ0v) is 13.6. The van der Waals surface area contributed by atoms with Gasteiger partial charge in [0, 0.05) is 24.4 Å². The lowest BCUT2D eigenvalue weighted by Crippen LogP contribution is -2.36. The molecule has 0 aromatic heterocycles. The predicted octanol–water partition coefficient (Wildman–Crippen LogP) is 2.29. The molecule has 25 heavy (non-hydrogen) atoms. The summed E-state index contributed by atoms with van der Waals surface area (Å²) in [7, 11) is 0. The van der Waals surface area contributed by atoms with Crippen LogP contribution in [-0.2, 0) is 9.59 Å². The highest BCUT2D eigenvalue weighted by atomic mass is 19.1. The molecule has 0 bridgehead atoms. The van der Waals surface area contributed by atoms with Gasteiger partial charge in [-0.15, -0.1) is 0 Å². The van der Waals surface area contributed by atoms with Crippen molar-refractivity contribution in [3.05, 3.63) is 71.5 Å². The fourth-order valence-electron chi connectivity index (χ4n) is 2.84. The topological polar surface area (TPSA) is 61.8 Å². The van der Waals surface area contributed by atoms with E-state index in [4.69, 9.17) is 0 Å². The van der Waals surface area contributed by atoms with Crippen LogP contribution >= 0.6 is 0 Å². The van der Waals surface area contributed by atoms with Gasteiger partial charge in [-0.25, -0.2) is 9.82 Å². The number of likely N-dealkylation sites (tertiary alicyclic amines) is 1. The first-order chi connectivity index (χ1) is 12.1. The first-order valence-electron chi connectivity index (χ1n) is 8.02. The Kier molecular flexibility index (Phi) is 5.18. The highest BCUT2D eigenvalue weighted by Gasteiger charge is 2.31. The molecule has 2 aromatic rings. The van der Waals surface area contributed by atoms with E-state index >= 15 is 0 Å². The molecule has 1 atom stereocenters. The third kappa shape index (κ3) is 4.29. The maximum absolute atomic E-state index is 13.4. The summed E-state index contributed by atoms with van der Waals surface area (Å²) in [5.41, 5.74) is 3.71. The van der Waals surface area contributed by atoms with Crippen LogP contribution < -0.4 is 5.43 Å². The summed E-state index contributed by atoms with van der Waals surface area (Å²) >= 11 is 0. The Morgan fingerprint density at radius 1 is 1.20 bits per heavy atom. The monoisotopic (exact) mass is 339 g/mol. The van der Waals surface area contributed by atoms with Gasteiger partial charge in [0.05, 0.1) is 6.21 Å². The van der Waals surface area contributed by atoms with Crippen molar-refractivity contribution >= 4 is 18.0 Å². The molecule has 5 nitrogen and oxygen atoms in total. The van der Waals surface area contributed by atoms with Crippen molar-refractivity contribution in [3.8, 4) is 0 Å². The van der Waals surface area contributed by atoms with Gasteiger partial charge < -0.3 is 4.90 Å². The van der Waals surface area contributed by atoms with Gasteiger partial charge in [-0.05, 0) is 11.6 Å². The number of benzene rings is 2. The molecule has 1 heterocycles. The van der Waals surface area contributed by atoms with Crippen molar-refractivity contribution in [2.45, 2.75) is 12.3 Å². The van der Waals surface area contributed by atoms with E-state index in [2.05, 4.69) is 10.5 Å². The van der Waals surface area contributed by atoms with E-state index in [1.165, 1.54) is 17.2 Å². The molecule has 2 amide bonds. The highest BCUT2D eigenvalue weighted by Crippen LogP contribution is 2.27. The number of hydrazone groups is 1. The molecule has 0 radical (unpaired) electrons. The summed E-state index contributed by atoms with van der Waals surface area (Å²) < 4.78 is 13.4. The fourth-order valence-corrected chi connectivity index (χ4v) is 2.84. The molecule has 3 rings (SSSR count). The summed E-state index contributed by atoms with van der Waals surface area (Å²) in [6, 6.07) is 15.9. The van der Waals surface area contributed by atoms with E-state index in [0.29, 0.717) is 13.0 Å². The van der Waals surface area contributed by atoms with Gasteiger partial charge in [-0.3, -0.25) is 9.59 Å². The molecule has 0 aliphatic carbocycles. The first kappa shape index (κ1) is 16.8. The normalized spacial score (nSPS) is 17.2. The third-order valence-electron chi connectivity index (χ3n) is 4.12. The van der Waals surface area contributed by atoms with Crippen LogP contribution in [0, 0.1) is 5.82 Å². The Labute approximate surface area is 145 Å². The molecule has 1 saturated heterocycles. The summed E-state index contributed by atoms with van der Waals surface area (Å²) in [5, 5.41) is 3.74. The van der Waals surface area contributed by atoms with Crippen molar-refractivity contribution in [2.75, 3.05) is 13.1 Å². The van der Waals surface area contributed by atoms with Crippen molar-refractivity contribution in [1.82, 2.24) is 10.3 Å². The van der Waals surface area contributed by atoms with Gasteiger partial charge in [0.2, 0.25) is 5.91 Å². The number of nitrogens with one attached hydrogen (secondary N) is 1. The molecular formula is C19H18FN3O2. The van der Waals surface area contributed by atoms with Crippen LogP contribution in [0.3, 0.4) is 0 Å². The van der Waals surface area contributed by atoms with Gasteiger partial charge in [-0.1, -0.05) is 48.5 Å². The van der Waals surface area contributed by atoms with Crippen LogP contribution in [0.4, 0.5) is 4.39 Å². The van der Waals surface area contributed by atoms with Crippen LogP contribution in [0.15, 0.2) is 59.7 Å². The average Bonchev–Trinajstić information content (AvgIpc) is 2.98. The Hall–Kier alpha value is -3.02. The zero-order chi connectivity index (χ0) is 17.6. The second-order valence-corrected chi connectivity index (χ2v) is 5.90. The van der Waals surface area contributed by atoms with Crippen molar-refractivity contribution in [1.29, 1.82) is 0 Å².